The normalized spacial score (nSPS) is 11.6. The van der Waals surface area contributed by atoms with Crippen molar-refractivity contribution in [3.8, 4) is 0 Å². The van der Waals surface area contributed by atoms with Crippen LogP contribution in [0, 0.1) is 6.57 Å². The van der Waals surface area contributed by atoms with E-state index in [-0.39, 0.29) is 5.78 Å². The second kappa shape index (κ2) is 5.39. The van der Waals surface area contributed by atoms with E-state index in [1.165, 1.54) is 6.07 Å². The van der Waals surface area contributed by atoms with Gasteiger partial charge in [0.2, 0.25) is 0 Å². The Morgan fingerprint density at radius 3 is 2.69 bits per heavy atom. The molecule has 0 saturated heterocycles. The van der Waals surface area contributed by atoms with E-state index in [4.69, 9.17) is 12.4 Å². The molecule has 1 heterocycles. The largest absolute Gasteiger partial charge is 0.305 e. The lowest BCUT2D eigenvalue weighted by Crippen LogP contribution is -2.29. The van der Waals surface area contributed by atoms with Crippen LogP contribution in [0.25, 0.3) is 4.85 Å². The van der Waals surface area contributed by atoms with E-state index in [0.29, 0.717) is 16.2 Å². The number of Topliss-reactive ketones (excluding diaryl/α,β-unsaturated/α-hetero) is 1. The molecule has 0 spiro atoms. The Morgan fingerprint density at radius 1 is 1.56 bits per heavy atom. The summed E-state index contributed by atoms with van der Waals surface area (Å²) in [5.41, 5.74) is 1.99. The predicted molar refractivity (Wildman–Crippen MR) is 61.0 cm³/mol. The number of ketones is 1. The SMILES string of the molecule is [C-]#[N+]C(CC)C(=O)c1ccc(C(=O)NN)s1. The first-order valence-corrected chi connectivity index (χ1v) is 5.47. The number of rotatable bonds is 4. The third-order valence-corrected chi connectivity index (χ3v) is 3.15. The molecule has 0 radical (unpaired) electrons. The van der Waals surface area contributed by atoms with Gasteiger partial charge in [-0.05, 0) is 12.1 Å². The van der Waals surface area contributed by atoms with E-state index in [1.807, 2.05) is 5.43 Å². The third-order valence-electron chi connectivity index (χ3n) is 2.05. The van der Waals surface area contributed by atoms with Crippen LogP contribution in [0.15, 0.2) is 12.1 Å². The molecule has 1 rings (SSSR count). The second-order valence-electron chi connectivity index (χ2n) is 3.05. The van der Waals surface area contributed by atoms with Gasteiger partial charge >= 0.3 is 0 Å². The molecule has 0 bridgehead atoms. The molecular weight excluding hydrogens is 226 g/mol. The smallest absolute Gasteiger partial charge is 0.286 e. The van der Waals surface area contributed by atoms with Gasteiger partial charge < -0.3 is 4.85 Å². The quantitative estimate of drug-likeness (QED) is 0.272. The monoisotopic (exact) mass is 237 g/mol. The van der Waals surface area contributed by atoms with Gasteiger partial charge in [-0.3, -0.25) is 15.0 Å². The number of carbonyl (C=O) groups is 2. The molecule has 0 aliphatic carbocycles. The number of nitrogens with one attached hydrogen (secondary N) is 1. The van der Waals surface area contributed by atoms with E-state index in [9.17, 15) is 9.59 Å². The average molecular weight is 237 g/mol. The van der Waals surface area contributed by atoms with Crippen LogP contribution in [0.2, 0.25) is 0 Å². The zero-order valence-electron chi connectivity index (χ0n) is 8.69. The Balaban J connectivity index is 2.90. The molecule has 0 aliphatic rings. The minimum Gasteiger partial charge on any atom is -0.305 e. The van der Waals surface area contributed by atoms with Crippen molar-refractivity contribution in [1.29, 1.82) is 0 Å². The number of hydrazine groups is 1. The molecule has 1 aromatic rings. The van der Waals surface area contributed by atoms with Crippen LogP contribution in [-0.2, 0) is 0 Å². The molecular formula is C10H11N3O2S. The lowest BCUT2D eigenvalue weighted by Gasteiger charge is -1.98. The lowest BCUT2D eigenvalue weighted by molar-refractivity contribution is 0.0956. The highest BCUT2D eigenvalue weighted by molar-refractivity contribution is 7.16. The Hall–Kier alpha value is -1.71. The van der Waals surface area contributed by atoms with Gasteiger partial charge in [-0.15, -0.1) is 11.3 Å². The minimum atomic E-state index is -0.660. The fourth-order valence-electron chi connectivity index (χ4n) is 1.16. The van der Waals surface area contributed by atoms with Crippen LogP contribution >= 0.6 is 11.3 Å². The molecule has 84 valence electrons. The molecule has 1 atom stereocenters. The first-order valence-electron chi connectivity index (χ1n) is 4.65. The van der Waals surface area contributed by atoms with E-state index in [2.05, 4.69) is 4.85 Å². The van der Waals surface area contributed by atoms with Crippen molar-refractivity contribution in [2.45, 2.75) is 19.4 Å². The van der Waals surface area contributed by atoms with Crippen LogP contribution < -0.4 is 11.3 Å². The Morgan fingerprint density at radius 2 is 2.19 bits per heavy atom. The van der Waals surface area contributed by atoms with E-state index >= 15 is 0 Å². The molecule has 1 aromatic heterocycles. The highest BCUT2D eigenvalue weighted by Crippen LogP contribution is 2.19. The number of carbonyl (C=O) groups excluding carboxylic acids is 2. The van der Waals surface area contributed by atoms with Gasteiger partial charge in [0.1, 0.15) is 0 Å². The van der Waals surface area contributed by atoms with Crippen LogP contribution in [-0.4, -0.2) is 17.7 Å². The van der Waals surface area contributed by atoms with E-state index < -0.39 is 11.9 Å². The van der Waals surface area contributed by atoms with Gasteiger partial charge in [0, 0.05) is 6.42 Å². The molecule has 0 aromatic carbocycles. The number of nitrogens with zero attached hydrogens (tertiary/aromatic N) is 1. The maximum absolute atomic E-state index is 11.8. The van der Waals surface area contributed by atoms with Gasteiger partial charge in [0.25, 0.3) is 17.7 Å². The van der Waals surface area contributed by atoms with Gasteiger partial charge in [0.15, 0.2) is 0 Å². The summed E-state index contributed by atoms with van der Waals surface area (Å²) in [5, 5.41) is 0. The number of nitrogen functional groups attached to an aromatic ring is 1. The molecule has 3 N–H and O–H groups in total. The summed E-state index contributed by atoms with van der Waals surface area (Å²) in [6.07, 6.45) is 0.471. The summed E-state index contributed by atoms with van der Waals surface area (Å²) in [6.45, 7) is 8.66. The first-order chi connectivity index (χ1) is 7.63. The number of hydrogen-bond donors (Lipinski definition) is 2. The van der Waals surface area contributed by atoms with Crippen molar-refractivity contribution >= 4 is 23.0 Å². The highest BCUT2D eigenvalue weighted by Gasteiger charge is 2.24. The Bertz CT molecular complexity index is 447. The molecule has 0 saturated carbocycles. The molecule has 16 heavy (non-hydrogen) atoms. The summed E-state index contributed by atoms with van der Waals surface area (Å²) in [4.78, 5) is 26.9. The van der Waals surface area contributed by atoms with Gasteiger partial charge in [-0.1, -0.05) is 6.92 Å². The van der Waals surface area contributed by atoms with Crippen molar-refractivity contribution in [2.75, 3.05) is 0 Å². The van der Waals surface area contributed by atoms with Crippen LogP contribution in [0.5, 0.6) is 0 Å². The summed E-state index contributed by atoms with van der Waals surface area (Å²) >= 11 is 1.05. The van der Waals surface area contributed by atoms with Crippen molar-refractivity contribution in [3.63, 3.8) is 0 Å². The molecule has 5 nitrogen and oxygen atoms in total. The number of amides is 1. The average Bonchev–Trinajstić information content (AvgIpc) is 2.78. The van der Waals surface area contributed by atoms with E-state index in [1.54, 1.807) is 13.0 Å². The third kappa shape index (κ3) is 2.45. The standard InChI is InChI=1S/C10H11N3O2S/c1-3-6(12-2)9(14)7-4-5-8(16-7)10(15)13-11/h4-6H,3,11H2,1H3,(H,13,15). The molecule has 0 fully saturated rings. The molecule has 6 heteroatoms. The zero-order valence-corrected chi connectivity index (χ0v) is 9.50. The summed E-state index contributed by atoms with van der Waals surface area (Å²) in [5.74, 6) is 4.31. The maximum atomic E-state index is 11.8. The highest BCUT2D eigenvalue weighted by atomic mass is 32.1. The fraction of sp³-hybridized carbons (Fsp3) is 0.300. The fourth-order valence-corrected chi connectivity index (χ4v) is 2.06. The van der Waals surface area contributed by atoms with Crippen molar-refractivity contribution < 1.29 is 9.59 Å². The zero-order chi connectivity index (χ0) is 12.1. The first kappa shape index (κ1) is 12.4. The summed E-state index contributed by atoms with van der Waals surface area (Å²) < 4.78 is 0. The van der Waals surface area contributed by atoms with Gasteiger partial charge in [0.05, 0.1) is 9.75 Å². The van der Waals surface area contributed by atoms with Crippen molar-refractivity contribution in [3.05, 3.63) is 33.3 Å². The van der Waals surface area contributed by atoms with Crippen LogP contribution in [0.1, 0.15) is 32.7 Å². The molecule has 1 unspecified atom stereocenters. The van der Waals surface area contributed by atoms with Gasteiger partial charge in [-0.2, -0.15) is 0 Å². The van der Waals surface area contributed by atoms with Gasteiger partial charge in [-0.25, -0.2) is 12.4 Å². The predicted octanol–water partition coefficient (Wildman–Crippen LogP) is 1.23. The minimum absolute atomic E-state index is 0.237. The van der Waals surface area contributed by atoms with Crippen molar-refractivity contribution in [1.82, 2.24) is 5.43 Å². The Labute approximate surface area is 97.0 Å². The van der Waals surface area contributed by atoms with E-state index in [0.717, 1.165) is 11.3 Å². The van der Waals surface area contributed by atoms with Crippen molar-refractivity contribution in [2.24, 2.45) is 5.84 Å². The number of nitrogens with two attached hydrogens (primary N) is 1. The number of thiophene rings is 1. The maximum Gasteiger partial charge on any atom is 0.286 e. The summed E-state index contributed by atoms with van der Waals surface area (Å²) in [7, 11) is 0. The second-order valence-corrected chi connectivity index (χ2v) is 4.14. The topological polar surface area (TPSA) is 76.5 Å². The Kier molecular flexibility index (Phi) is 4.17. The molecule has 0 aliphatic heterocycles. The number of hydrogen-bond acceptors (Lipinski definition) is 4. The summed E-state index contributed by atoms with van der Waals surface area (Å²) in [6, 6.07) is 2.41. The van der Waals surface area contributed by atoms with Crippen LogP contribution in [0.3, 0.4) is 0 Å². The van der Waals surface area contributed by atoms with Crippen LogP contribution in [0.4, 0.5) is 0 Å². The molecule has 1 amide bonds. The lowest BCUT2D eigenvalue weighted by atomic mass is 10.1.